The third-order valence-corrected chi connectivity index (χ3v) is 6.34. The summed E-state index contributed by atoms with van der Waals surface area (Å²) >= 11 is 0. The van der Waals surface area contributed by atoms with E-state index in [9.17, 15) is 5.11 Å². The topological polar surface area (TPSA) is 46.8 Å². The summed E-state index contributed by atoms with van der Waals surface area (Å²) in [4.78, 5) is 4.30. The minimum Gasteiger partial charge on any atom is -0.497 e. The van der Waals surface area contributed by atoms with Crippen LogP contribution in [0.2, 0.25) is 0 Å². The third-order valence-electron chi connectivity index (χ3n) is 6.34. The molecule has 4 heteroatoms. The Labute approximate surface area is 167 Å². The van der Waals surface area contributed by atoms with Gasteiger partial charge >= 0.3 is 0 Å². The molecular weight excluding hydrogens is 348 g/mol. The fourth-order valence-corrected chi connectivity index (χ4v) is 4.72. The van der Waals surface area contributed by atoms with Crippen molar-refractivity contribution in [3.8, 4) is 5.75 Å². The molecule has 2 heterocycles. The lowest BCUT2D eigenvalue weighted by Gasteiger charge is -2.33. The average Bonchev–Trinajstić information content (AvgIpc) is 3.21. The average molecular weight is 379 g/mol. The molecule has 0 unspecified atom stereocenters. The molecule has 2 aromatic heterocycles. The van der Waals surface area contributed by atoms with Gasteiger partial charge in [-0.2, -0.15) is 0 Å². The first-order valence-electron chi connectivity index (χ1n) is 10.4. The van der Waals surface area contributed by atoms with E-state index in [1.165, 1.54) is 11.1 Å². The summed E-state index contributed by atoms with van der Waals surface area (Å²) in [5, 5.41) is 11.4. The maximum absolute atomic E-state index is 11.4. The molecule has 0 radical (unpaired) electrons. The first-order chi connectivity index (χ1) is 13.6. The third kappa shape index (κ3) is 3.53. The molecule has 1 aliphatic rings. The van der Waals surface area contributed by atoms with Gasteiger partial charge in [-0.25, -0.2) is 4.98 Å². The second-order valence-corrected chi connectivity index (χ2v) is 8.35. The Morgan fingerprint density at radius 1 is 1.11 bits per heavy atom. The molecule has 0 saturated heterocycles. The van der Waals surface area contributed by atoms with E-state index in [0.29, 0.717) is 11.8 Å². The number of pyridine rings is 1. The standard InChI is InChI=1S/C24H30N2O2/c1-16(2)22-12-11-20-14-25-15-26(20)23(22)24(27)18-9-7-17(8-10-18)19-5-4-6-21(13-19)28-3/h4-6,11-18,24,27H,7-10H2,1-3H3/t17-,18-,24-/m1/s1. The number of ether oxygens (including phenoxy) is 1. The molecule has 0 aliphatic heterocycles. The second-order valence-electron chi connectivity index (χ2n) is 8.35. The van der Waals surface area contributed by atoms with Gasteiger partial charge < -0.3 is 14.2 Å². The zero-order valence-corrected chi connectivity index (χ0v) is 17.0. The number of aliphatic hydroxyl groups excluding tert-OH is 1. The Morgan fingerprint density at radius 3 is 2.61 bits per heavy atom. The van der Waals surface area contributed by atoms with Crippen LogP contribution in [0.1, 0.15) is 74.3 Å². The van der Waals surface area contributed by atoms with Crippen molar-refractivity contribution >= 4 is 5.52 Å². The van der Waals surface area contributed by atoms with Gasteiger partial charge in [0.2, 0.25) is 0 Å². The predicted molar refractivity (Wildman–Crippen MR) is 112 cm³/mol. The van der Waals surface area contributed by atoms with Gasteiger partial charge in [0.05, 0.1) is 36.9 Å². The van der Waals surface area contributed by atoms with Crippen molar-refractivity contribution in [3.05, 3.63) is 65.7 Å². The first kappa shape index (κ1) is 19.0. The molecule has 1 fully saturated rings. The normalized spacial score (nSPS) is 21.2. The number of hydrogen-bond donors (Lipinski definition) is 1. The van der Waals surface area contributed by atoms with Crippen LogP contribution in [0.4, 0.5) is 0 Å². The summed E-state index contributed by atoms with van der Waals surface area (Å²) in [5.41, 5.74) is 4.64. The highest BCUT2D eigenvalue weighted by Gasteiger charge is 2.31. The van der Waals surface area contributed by atoms with Crippen LogP contribution in [-0.2, 0) is 0 Å². The van der Waals surface area contributed by atoms with E-state index in [2.05, 4.69) is 53.6 Å². The van der Waals surface area contributed by atoms with Gasteiger partial charge in [0.25, 0.3) is 0 Å². The van der Waals surface area contributed by atoms with Crippen LogP contribution >= 0.6 is 0 Å². The summed E-state index contributed by atoms with van der Waals surface area (Å²) < 4.78 is 7.46. The van der Waals surface area contributed by atoms with E-state index in [1.54, 1.807) is 7.11 Å². The first-order valence-corrected chi connectivity index (χ1v) is 10.4. The van der Waals surface area contributed by atoms with Crippen LogP contribution in [0, 0.1) is 5.92 Å². The number of nitrogens with zero attached hydrogens (tertiary/aromatic N) is 2. The number of methoxy groups -OCH3 is 1. The SMILES string of the molecule is COc1cccc([C@H]2CC[C@H]([C@@H](O)c3c(C(C)C)ccc4cncn34)CC2)c1. The van der Waals surface area contributed by atoms with Crippen molar-refractivity contribution in [2.24, 2.45) is 5.92 Å². The highest BCUT2D eigenvalue weighted by molar-refractivity contribution is 5.49. The monoisotopic (exact) mass is 378 g/mol. The summed E-state index contributed by atoms with van der Waals surface area (Å²) in [6.07, 6.45) is 7.51. The van der Waals surface area contributed by atoms with Gasteiger partial charge in [0.1, 0.15) is 5.75 Å². The van der Waals surface area contributed by atoms with Crippen LogP contribution in [0.5, 0.6) is 5.75 Å². The lowest BCUT2D eigenvalue weighted by atomic mass is 9.75. The smallest absolute Gasteiger partial charge is 0.119 e. The van der Waals surface area contributed by atoms with Crippen LogP contribution in [0.25, 0.3) is 5.52 Å². The van der Waals surface area contributed by atoms with Crippen molar-refractivity contribution in [1.82, 2.24) is 9.38 Å². The molecular formula is C24H30N2O2. The van der Waals surface area contributed by atoms with Crippen molar-refractivity contribution < 1.29 is 9.84 Å². The Bertz CT molecular complexity index is 939. The predicted octanol–water partition coefficient (Wildman–Crippen LogP) is 5.47. The number of hydrogen-bond acceptors (Lipinski definition) is 3. The highest BCUT2D eigenvalue weighted by Crippen LogP contribution is 2.42. The van der Waals surface area contributed by atoms with E-state index in [4.69, 9.17) is 4.74 Å². The van der Waals surface area contributed by atoms with Gasteiger partial charge in [0.15, 0.2) is 0 Å². The molecule has 28 heavy (non-hydrogen) atoms. The molecule has 148 valence electrons. The van der Waals surface area contributed by atoms with Crippen molar-refractivity contribution in [3.63, 3.8) is 0 Å². The number of aliphatic hydroxyl groups is 1. The Morgan fingerprint density at radius 2 is 1.89 bits per heavy atom. The Kier molecular flexibility index (Phi) is 5.40. The van der Waals surface area contributed by atoms with Crippen LogP contribution in [0.3, 0.4) is 0 Å². The number of fused-ring (bicyclic) bond motifs is 1. The zero-order chi connectivity index (χ0) is 19.7. The lowest BCUT2D eigenvalue weighted by molar-refractivity contribution is 0.0752. The van der Waals surface area contributed by atoms with E-state index < -0.39 is 6.10 Å². The van der Waals surface area contributed by atoms with Gasteiger partial charge in [-0.1, -0.05) is 32.0 Å². The molecule has 1 saturated carbocycles. The van der Waals surface area contributed by atoms with E-state index in [0.717, 1.165) is 42.6 Å². The number of benzene rings is 1. The number of rotatable bonds is 5. The van der Waals surface area contributed by atoms with Crippen molar-refractivity contribution in [1.29, 1.82) is 0 Å². The van der Waals surface area contributed by atoms with Gasteiger partial charge in [-0.15, -0.1) is 0 Å². The Balaban J connectivity index is 1.54. The fourth-order valence-electron chi connectivity index (χ4n) is 4.72. The number of imidazole rings is 1. The fraction of sp³-hybridized carbons (Fsp3) is 0.458. The van der Waals surface area contributed by atoms with Gasteiger partial charge in [-0.05, 0) is 72.8 Å². The van der Waals surface area contributed by atoms with Crippen LogP contribution in [0.15, 0.2) is 48.9 Å². The van der Waals surface area contributed by atoms with Crippen molar-refractivity contribution in [2.45, 2.75) is 57.5 Å². The summed E-state index contributed by atoms with van der Waals surface area (Å²) in [6, 6.07) is 12.7. The molecule has 0 amide bonds. The quantitative estimate of drug-likeness (QED) is 0.640. The minimum atomic E-state index is -0.457. The largest absolute Gasteiger partial charge is 0.497 e. The van der Waals surface area contributed by atoms with E-state index in [1.807, 2.05) is 18.6 Å². The highest BCUT2D eigenvalue weighted by atomic mass is 16.5. The minimum absolute atomic E-state index is 0.285. The molecule has 0 bridgehead atoms. The number of aromatic nitrogens is 2. The maximum atomic E-state index is 11.4. The molecule has 3 aromatic rings. The molecule has 4 rings (SSSR count). The van der Waals surface area contributed by atoms with E-state index >= 15 is 0 Å². The summed E-state index contributed by atoms with van der Waals surface area (Å²) in [5.74, 6) is 2.12. The van der Waals surface area contributed by atoms with Crippen molar-refractivity contribution in [2.75, 3.05) is 7.11 Å². The molecule has 0 spiro atoms. The second kappa shape index (κ2) is 7.96. The molecule has 1 aliphatic carbocycles. The molecule has 4 nitrogen and oxygen atoms in total. The molecule has 1 aromatic carbocycles. The molecule has 1 atom stereocenters. The molecule has 1 N–H and O–H groups in total. The lowest BCUT2D eigenvalue weighted by Crippen LogP contribution is -2.22. The Hall–Kier alpha value is -2.33. The summed E-state index contributed by atoms with van der Waals surface area (Å²) in [6.45, 7) is 4.38. The zero-order valence-electron chi connectivity index (χ0n) is 17.0. The van der Waals surface area contributed by atoms with Crippen LogP contribution < -0.4 is 4.74 Å². The van der Waals surface area contributed by atoms with Gasteiger partial charge in [-0.3, -0.25) is 0 Å². The van der Waals surface area contributed by atoms with Gasteiger partial charge in [0, 0.05) is 0 Å². The maximum Gasteiger partial charge on any atom is 0.119 e. The van der Waals surface area contributed by atoms with E-state index in [-0.39, 0.29) is 5.92 Å². The summed E-state index contributed by atoms with van der Waals surface area (Å²) in [7, 11) is 1.72. The van der Waals surface area contributed by atoms with Crippen LogP contribution in [-0.4, -0.2) is 21.6 Å².